The summed E-state index contributed by atoms with van der Waals surface area (Å²) in [6.45, 7) is 9.35. The summed E-state index contributed by atoms with van der Waals surface area (Å²) in [4.78, 5) is 14.1. The number of ether oxygens (including phenoxy) is 1. The van der Waals surface area contributed by atoms with E-state index in [1.807, 2.05) is 11.4 Å². The SMILES string of the molecule is Cc1nc2c3c(C)c(C)sc3nc(N3CCOCC3)n2n1. The van der Waals surface area contributed by atoms with Gasteiger partial charge in [0.25, 0.3) is 0 Å². The summed E-state index contributed by atoms with van der Waals surface area (Å²) in [7, 11) is 0. The van der Waals surface area contributed by atoms with Crippen molar-refractivity contribution in [1.82, 2.24) is 19.6 Å². The van der Waals surface area contributed by atoms with Crippen LogP contribution in [0.15, 0.2) is 0 Å². The lowest BCUT2D eigenvalue weighted by Crippen LogP contribution is -2.38. The van der Waals surface area contributed by atoms with E-state index < -0.39 is 0 Å². The van der Waals surface area contributed by atoms with Crippen LogP contribution in [0, 0.1) is 20.8 Å². The number of morpholine rings is 1. The normalized spacial score (nSPS) is 16.2. The van der Waals surface area contributed by atoms with Crippen LogP contribution in [0.3, 0.4) is 0 Å². The second kappa shape index (κ2) is 4.64. The lowest BCUT2D eigenvalue weighted by molar-refractivity contribution is 0.122. The molecule has 21 heavy (non-hydrogen) atoms. The van der Waals surface area contributed by atoms with Crippen LogP contribution in [-0.2, 0) is 4.74 Å². The Labute approximate surface area is 126 Å². The summed E-state index contributed by atoms with van der Waals surface area (Å²) >= 11 is 1.73. The third-order valence-corrected chi connectivity index (χ3v) is 5.09. The van der Waals surface area contributed by atoms with Gasteiger partial charge in [0.2, 0.25) is 5.95 Å². The Morgan fingerprint density at radius 3 is 2.62 bits per heavy atom. The van der Waals surface area contributed by atoms with Gasteiger partial charge in [-0.1, -0.05) is 0 Å². The highest BCUT2D eigenvalue weighted by molar-refractivity contribution is 7.18. The number of anilines is 1. The second-order valence-corrected chi connectivity index (χ2v) is 6.57. The van der Waals surface area contributed by atoms with Crippen molar-refractivity contribution in [2.24, 2.45) is 0 Å². The Hall–Kier alpha value is -1.73. The molecular weight excluding hydrogens is 286 g/mol. The van der Waals surface area contributed by atoms with Gasteiger partial charge >= 0.3 is 0 Å². The average Bonchev–Trinajstić information content (AvgIpc) is 2.99. The maximum absolute atomic E-state index is 5.44. The van der Waals surface area contributed by atoms with E-state index in [-0.39, 0.29) is 0 Å². The van der Waals surface area contributed by atoms with Crippen molar-refractivity contribution in [2.45, 2.75) is 20.8 Å². The molecule has 0 bridgehead atoms. The van der Waals surface area contributed by atoms with Crippen molar-refractivity contribution in [1.29, 1.82) is 0 Å². The second-order valence-electron chi connectivity index (χ2n) is 5.37. The van der Waals surface area contributed by atoms with Crippen LogP contribution >= 0.6 is 11.3 Å². The molecule has 0 N–H and O–H groups in total. The van der Waals surface area contributed by atoms with Crippen molar-refractivity contribution in [3.8, 4) is 0 Å². The van der Waals surface area contributed by atoms with E-state index in [0.29, 0.717) is 0 Å². The molecule has 110 valence electrons. The van der Waals surface area contributed by atoms with Gasteiger partial charge in [0.05, 0.1) is 18.6 Å². The van der Waals surface area contributed by atoms with Crippen LogP contribution in [0.5, 0.6) is 0 Å². The summed E-state index contributed by atoms with van der Waals surface area (Å²) in [5.41, 5.74) is 2.18. The number of aryl methyl sites for hydroxylation is 3. The van der Waals surface area contributed by atoms with Crippen molar-refractivity contribution >= 4 is 33.1 Å². The highest BCUT2D eigenvalue weighted by Gasteiger charge is 2.21. The van der Waals surface area contributed by atoms with E-state index in [1.54, 1.807) is 11.3 Å². The molecule has 0 atom stereocenters. The van der Waals surface area contributed by atoms with E-state index in [1.165, 1.54) is 10.4 Å². The molecule has 0 radical (unpaired) electrons. The first-order valence-electron chi connectivity index (χ1n) is 7.11. The van der Waals surface area contributed by atoms with Crippen molar-refractivity contribution in [2.75, 3.05) is 31.2 Å². The van der Waals surface area contributed by atoms with Gasteiger partial charge in [-0.2, -0.15) is 4.52 Å². The van der Waals surface area contributed by atoms with E-state index >= 15 is 0 Å². The number of aromatic nitrogens is 4. The molecule has 6 nitrogen and oxygen atoms in total. The maximum atomic E-state index is 5.44. The fraction of sp³-hybridized carbons (Fsp3) is 0.500. The van der Waals surface area contributed by atoms with Gasteiger partial charge in [0.15, 0.2) is 5.65 Å². The largest absolute Gasteiger partial charge is 0.378 e. The highest BCUT2D eigenvalue weighted by Crippen LogP contribution is 2.33. The van der Waals surface area contributed by atoms with Crippen LogP contribution in [0.2, 0.25) is 0 Å². The summed E-state index contributed by atoms with van der Waals surface area (Å²) < 4.78 is 7.33. The van der Waals surface area contributed by atoms with Gasteiger partial charge in [-0.05, 0) is 26.3 Å². The van der Waals surface area contributed by atoms with Crippen molar-refractivity contribution < 1.29 is 4.74 Å². The van der Waals surface area contributed by atoms with Crippen LogP contribution < -0.4 is 4.90 Å². The van der Waals surface area contributed by atoms with Crippen LogP contribution in [0.4, 0.5) is 5.95 Å². The van der Waals surface area contributed by atoms with E-state index in [4.69, 9.17) is 9.72 Å². The average molecular weight is 303 g/mol. The molecule has 3 aromatic heterocycles. The molecule has 1 aliphatic rings. The molecule has 0 amide bonds. The Morgan fingerprint density at radius 2 is 1.86 bits per heavy atom. The van der Waals surface area contributed by atoms with Gasteiger partial charge in [0, 0.05) is 18.0 Å². The fourth-order valence-electron chi connectivity index (χ4n) is 2.77. The zero-order chi connectivity index (χ0) is 14.6. The first-order chi connectivity index (χ1) is 10.1. The predicted octanol–water partition coefficient (Wildman–Crippen LogP) is 2.10. The smallest absolute Gasteiger partial charge is 0.230 e. The Bertz CT molecular complexity index is 831. The number of fused-ring (bicyclic) bond motifs is 3. The number of hydrogen-bond acceptors (Lipinski definition) is 6. The summed E-state index contributed by atoms with van der Waals surface area (Å²) in [5, 5.41) is 5.69. The molecule has 0 spiro atoms. The van der Waals surface area contributed by atoms with Crippen LogP contribution in [-0.4, -0.2) is 45.9 Å². The van der Waals surface area contributed by atoms with E-state index in [2.05, 4.69) is 28.8 Å². The standard InChI is InChI=1S/C14H17N5OS/c1-8-9(2)21-13-11(8)12-15-10(3)17-19(12)14(16-13)18-4-6-20-7-5-18/h4-7H2,1-3H3. The minimum Gasteiger partial charge on any atom is -0.378 e. The molecule has 7 heteroatoms. The third-order valence-electron chi connectivity index (χ3n) is 3.99. The lowest BCUT2D eigenvalue weighted by atomic mass is 10.2. The minimum atomic E-state index is 0.734. The highest BCUT2D eigenvalue weighted by atomic mass is 32.1. The molecule has 4 heterocycles. The zero-order valence-electron chi connectivity index (χ0n) is 12.4. The molecule has 1 saturated heterocycles. The topological polar surface area (TPSA) is 55.5 Å². The third kappa shape index (κ3) is 1.91. The summed E-state index contributed by atoms with van der Waals surface area (Å²) in [5.74, 6) is 1.66. The first kappa shape index (κ1) is 13.0. The van der Waals surface area contributed by atoms with Crippen LogP contribution in [0.25, 0.3) is 15.9 Å². The van der Waals surface area contributed by atoms with Gasteiger partial charge in [-0.3, -0.25) is 0 Å². The van der Waals surface area contributed by atoms with E-state index in [9.17, 15) is 0 Å². The fourth-order valence-corrected chi connectivity index (χ4v) is 3.79. The Morgan fingerprint density at radius 1 is 1.10 bits per heavy atom. The van der Waals surface area contributed by atoms with Gasteiger partial charge in [0.1, 0.15) is 10.7 Å². The molecule has 3 aromatic rings. The number of rotatable bonds is 1. The molecule has 4 rings (SSSR count). The quantitative estimate of drug-likeness (QED) is 0.689. The molecular formula is C14H17N5OS. The van der Waals surface area contributed by atoms with Gasteiger partial charge in [-0.25, -0.2) is 9.97 Å². The number of nitrogens with zero attached hydrogens (tertiary/aromatic N) is 5. The molecule has 1 fully saturated rings. The molecule has 0 aromatic carbocycles. The molecule has 1 aliphatic heterocycles. The lowest BCUT2D eigenvalue weighted by Gasteiger charge is -2.27. The van der Waals surface area contributed by atoms with Crippen LogP contribution in [0.1, 0.15) is 16.3 Å². The van der Waals surface area contributed by atoms with Gasteiger partial charge in [-0.15, -0.1) is 16.4 Å². The summed E-state index contributed by atoms with van der Waals surface area (Å²) in [6, 6.07) is 0. The number of thiophene rings is 1. The zero-order valence-corrected chi connectivity index (χ0v) is 13.2. The molecule has 0 aliphatic carbocycles. The van der Waals surface area contributed by atoms with Crippen molar-refractivity contribution in [3.05, 3.63) is 16.3 Å². The van der Waals surface area contributed by atoms with E-state index in [0.717, 1.165) is 53.9 Å². The minimum absolute atomic E-state index is 0.734. The Balaban J connectivity index is 2.04. The first-order valence-corrected chi connectivity index (χ1v) is 7.92. The maximum Gasteiger partial charge on any atom is 0.230 e. The monoisotopic (exact) mass is 303 g/mol. The Kier molecular flexibility index (Phi) is 2.87. The summed E-state index contributed by atoms with van der Waals surface area (Å²) in [6.07, 6.45) is 0. The molecule has 0 saturated carbocycles. The van der Waals surface area contributed by atoms with Gasteiger partial charge < -0.3 is 9.64 Å². The number of hydrogen-bond donors (Lipinski definition) is 0. The molecule has 0 unspecified atom stereocenters. The predicted molar refractivity (Wildman–Crippen MR) is 83.4 cm³/mol. The van der Waals surface area contributed by atoms with Crippen molar-refractivity contribution in [3.63, 3.8) is 0 Å².